The van der Waals surface area contributed by atoms with Crippen molar-refractivity contribution in [2.45, 2.75) is 18.1 Å². The van der Waals surface area contributed by atoms with Gasteiger partial charge < -0.3 is 0 Å². The molecule has 1 unspecified atom stereocenters. The lowest BCUT2D eigenvalue weighted by atomic mass is 10.5. The molecular formula is C8H11FNS+. The van der Waals surface area contributed by atoms with Crippen molar-refractivity contribution in [1.29, 1.82) is 0 Å². The molecule has 0 aliphatic carbocycles. The van der Waals surface area contributed by atoms with Crippen molar-refractivity contribution in [3.8, 4) is 0 Å². The largest absolute Gasteiger partial charge is 0.296 e. The monoisotopic (exact) mass is 172 g/mol. The molecule has 0 amide bonds. The Morgan fingerprint density at radius 1 is 1.45 bits per heavy atom. The van der Waals surface area contributed by atoms with Crippen LogP contribution in [-0.4, -0.2) is 6.26 Å². The van der Waals surface area contributed by atoms with Crippen LogP contribution in [0.1, 0.15) is 13.2 Å². The first kappa shape index (κ1) is 8.53. The molecule has 1 rings (SSSR count). The van der Waals surface area contributed by atoms with E-state index in [-0.39, 0.29) is 0 Å². The quantitative estimate of drug-likeness (QED) is 0.488. The minimum Gasteiger partial charge on any atom is -0.175 e. The normalized spacial score (nSPS) is 13.0. The zero-order valence-electron chi connectivity index (χ0n) is 6.62. The molecule has 0 radical (unpaired) electrons. The summed E-state index contributed by atoms with van der Waals surface area (Å²) in [5, 5.41) is 0. The second-order valence-electron chi connectivity index (χ2n) is 2.26. The molecule has 0 fully saturated rings. The van der Waals surface area contributed by atoms with Crippen molar-refractivity contribution in [2.75, 3.05) is 6.26 Å². The fourth-order valence-corrected chi connectivity index (χ4v) is 1.19. The minimum atomic E-state index is -0.939. The molecule has 3 heteroatoms. The zero-order chi connectivity index (χ0) is 8.27. The second kappa shape index (κ2) is 3.72. The molecule has 1 aromatic rings. The van der Waals surface area contributed by atoms with Crippen LogP contribution in [0, 0.1) is 0 Å². The molecule has 1 aromatic heterocycles. The second-order valence-corrected chi connectivity index (χ2v) is 3.14. The van der Waals surface area contributed by atoms with E-state index < -0.39 is 6.30 Å². The van der Waals surface area contributed by atoms with Crippen LogP contribution in [0.4, 0.5) is 4.39 Å². The standard InChI is InChI=1S/C8H11FNS/c1-7(9)10-5-3-8(11-2)4-6-10/h3-7H,1-2H3/q+1. The molecule has 0 bridgehead atoms. The molecule has 1 nitrogen and oxygen atoms in total. The summed E-state index contributed by atoms with van der Waals surface area (Å²) in [4.78, 5) is 1.15. The number of aromatic nitrogens is 1. The molecule has 0 spiro atoms. The molecule has 0 saturated heterocycles. The third kappa shape index (κ3) is 2.19. The molecular weight excluding hydrogens is 161 g/mol. The molecule has 11 heavy (non-hydrogen) atoms. The van der Waals surface area contributed by atoms with Crippen LogP contribution in [0.2, 0.25) is 0 Å². The van der Waals surface area contributed by atoms with Gasteiger partial charge in [-0.15, -0.1) is 11.8 Å². The molecule has 0 aromatic carbocycles. The third-order valence-corrected chi connectivity index (χ3v) is 2.21. The summed E-state index contributed by atoms with van der Waals surface area (Å²) in [7, 11) is 0. The van der Waals surface area contributed by atoms with Gasteiger partial charge in [0.2, 0.25) is 0 Å². The highest BCUT2D eigenvalue weighted by atomic mass is 32.2. The Balaban J connectivity index is 2.83. The summed E-state index contributed by atoms with van der Waals surface area (Å²) in [6.45, 7) is 1.51. The summed E-state index contributed by atoms with van der Waals surface area (Å²) < 4.78 is 14.2. The predicted octanol–water partition coefficient (Wildman–Crippen LogP) is 2.18. The first-order chi connectivity index (χ1) is 5.24. The van der Waals surface area contributed by atoms with E-state index in [1.54, 1.807) is 24.2 Å². The Labute approximate surface area is 70.2 Å². The van der Waals surface area contributed by atoms with E-state index in [9.17, 15) is 4.39 Å². The van der Waals surface area contributed by atoms with Gasteiger partial charge in [0.1, 0.15) is 0 Å². The van der Waals surface area contributed by atoms with Crippen LogP contribution in [0.5, 0.6) is 0 Å². The fourth-order valence-electron chi connectivity index (χ4n) is 0.798. The molecule has 0 aliphatic rings. The first-order valence-corrected chi connectivity index (χ1v) is 4.65. The topological polar surface area (TPSA) is 3.88 Å². The van der Waals surface area contributed by atoms with Crippen molar-refractivity contribution in [3.05, 3.63) is 24.5 Å². The number of thioether (sulfide) groups is 1. The van der Waals surface area contributed by atoms with Crippen LogP contribution < -0.4 is 4.57 Å². The van der Waals surface area contributed by atoms with Gasteiger partial charge in [-0.1, -0.05) is 0 Å². The van der Waals surface area contributed by atoms with Gasteiger partial charge in [0.25, 0.3) is 6.30 Å². The van der Waals surface area contributed by atoms with E-state index in [1.807, 2.05) is 18.4 Å². The number of halogens is 1. The third-order valence-electron chi connectivity index (χ3n) is 1.47. The highest BCUT2D eigenvalue weighted by Gasteiger charge is 2.07. The van der Waals surface area contributed by atoms with Crippen molar-refractivity contribution in [3.63, 3.8) is 0 Å². The van der Waals surface area contributed by atoms with E-state index >= 15 is 0 Å². The molecule has 0 N–H and O–H groups in total. The fraction of sp³-hybridized carbons (Fsp3) is 0.375. The van der Waals surface area contributed by atoms with Crippen molar-refractivity contribution in [1.82, 2.24) is 0 Å². The Morgan fingerprint density at radius 2 is 2.00 bits per heavy atom. The lowest BCUT2D eigenvalue weighted by Crippen LogP contribution is -2.33. The number of alkyl halides is 1. The molecule has 1 heterocycles. The minimum absolute atomic E-state index is 0.939. The lowest BCUT2D eigenvalue weighted by Gasteiger charge is -1.96. The maximum absolute atomic E-state index is 12.6. The number of nitrogens with zero attached hydrogens (tertiary/aromatic N) is 1. The van der Waals surface area contributed by atoms with Gasteiger partial charge in [0.15, 0.2) is 12.4 Å². The lowest BCUT2D eigenvalue weighted by molar-refractivity contribution is -0.743. The van der Waals surface area contributed by atoms with Gasteiger partial charge in [-0.2, -0.15) is 8.96 Å². The number of hydrogen-bond acceptors (Lipinski definition) is 1. The average molecular weight is 172 g/mol. The van der Waals surface area contributed by atoms with Crippen LogP contribution in [0.25, 0.3) is 0 Å². The van der Waals surface area contributed by atoms with Crippen LogP contribution >= 0.6 is 11.8 Å². The Kier molecular flexibility index (Phi) is 2.88. The Morgan fingerprint density at radius 3 is 2.36 bits per heavy atom. The van der Waals surface area contributed by atoms with Crippen LogP contribution in [-0.2, 0) is 0 Å². The van der Waals surface area contributed by atoms with Crippen molar-refractivity contribution >= 4 is 11.8 Å². The van der Waals surface area contributed by atoms with Gasteiger partial charge in [-0.05, 0) is 6.26 Å². The molecule has 60 valence electrons. The van der Waals surface area contributed by atoms with E-state index in [1.165, 1.54) is 11.5 Å². The average Bonchev–Trinajstić information content (AvgIpc) is 2.05. The number of pyridine rings is 1. The maximum Gasteiger partial charge on any atom is 0.296 e. The van der Waals surface area contributed by atoms with Crippen LogP contribution in [0.3, 0.4) is 0 Å². The van der Waals surface area contributed by atoms with Crippen molar-refractivity contribution in [2.24, 2.45) is 0 Å². The summed E-state index contributed by atoms with van der Waals surface area (Å²) in [5.41, 5.74) is 0. The van der Waals surface area contributed by atoms with Gasteiger partial charge in [-0.25, -0.2) is 0 Å². The van der Waals surface area contributed by atoms with Crippen LogP contribution in [0.15, 0.2) is 29.4 Å². The van der Waals surface area contributed by atoms with Crippen molar-refractivity contribution < 1.29 is 8.96 Å². The van der Waals surface area contributed by atoms with Gasteiger partial charge in [0, 0.05) is 24.0 Å². The number of rotatable bonds is 2. The summed E-state index contributed by atoms with van der Waals surface area (Å²) in [6, 6.07) is 3.81. The molecule has 1 atom stereocenters. The zero-order valence-corrected chi connectivity index (χ0v) is 7.44. The summed E-state index contributed by atoms with van der Waals surface area (Å²) >= 11 is 1.65. The molecule has 0 saturated carbocycles. The Hall–Kier alpha value is -0.570. The predicted molar refractivity (Wildman–Crippen MR) is 44.2 cm³/mol. The van der Waals surface area contributed by atoms with E-state index in [0.29, 0.717) is 0 Å². The highest BCUT2D eigenvalue weighted by molar-refractivity contribution is 7.98. The smallest absolute Gasteiger partial charge is 0.175 e. The maximum atomic E-state index is 12.6. The SMILES string of the molecule is CSc1cc[n+](C(C)F)cc1. The number of hydrogen-bond donors (Lipinski definition) is 0. The summed E-state index contributed by atoms with van der Waals surface area (Å²) in [5.74, 6) is 0. The van der Waals surface area contributed by atoms with Gasteiger partial charge >= 0.3 is 0 Å². The first-order valence-electron chi connectivity index (χ1n) is 3.43. The van der Waals surface area contributed by atoms with Gasteiger partial charge in [0.05, 0.1) is 0 Å². The van der Waals surface area contributed by atoms with E-state index in [0.717, 1.165) is 4.90 Å². The van der Waals surface area contributed by atoms with E-state index in [2.05, 4.69) is 0 Å². The summed E-state index contributed by atoms with van der Waals surface area (Å²) in [6.07, 6.45) is 4.55. The molecule has 0 aliphatic heterocycles. The Bertz CT molecular complexity index is 220. The van der Waals surface area contributed by atoms with Gasteiger partial charge in [-0.3, -0.25) is 0 Å². The van der Waals surface area contributed by atoms with E-state index in [4.69, 9.17) is 0 Å². The highest BCUT2D eigenvalue weighted by Crippen LogP contribution is 2.11.